The van der Waals surface area contributed by atoms with Crippen LogP contribution in [0.25, 0.3) is 0 Å². The van der Waals surface area contributed by atoms with Gasteiger partial charge in [-0.25, -0.2) is 0 Å². The Kier molecular flexibility index (Phi) is 8.31. The Morgan fingerprint density at radius 2 is 0.833 bits per heavy atom. The number of benzene rings is 2. The molecule has 10 heteroatoms. The van der Waals surface area contributed by atoms with Gasteiger partial charge in [-0.2, -0.15) is 0 Å². The van der Waals surface area contributed by atoms with E-state index in [1.165, 1.54) is 61.4 Å². The molecule has 0 amide bonds. The number of carbonyl (C=O) groups is 4. The lowest BCUT2D eigenvalue weighted by Crippen LogP contribution is -2.07. The van der Waals surface area contributed by atoms with Crippen molar-refractivity contribution >= 4 is 45.5 Å². The minimum atomic E-state index is -0.551. The molecule has 158 valence electrons. The summed E-state index contributed by atoms with van der Waals surface area (Å²) in [4.78, 5) is 46.5. The Balaban J connectivity index is 2.21. The van der Waals surface area contributed by atoms with Crippen molar-refractivity contribution in [2.75, 3.05) is 0 Å². The maximum absolute atomic E-state index is 11.3. The van der Waals surface area contributed by atoms with Gasteiger partial charge in [0.25, 0.3) is 0 Å². The van der Waals surface area contributed by atoms with Crippen LogP contribution in [0.1, 0.15) is 27.7 Å². The van der Waals surface area contributed by atoms with Crippen LogP contribution in [0, 0.1) is 0 Å². The van der Waals surface area contributed by atoms with Crippen LogP contribution >= 0.6 is 21.6 Å². The fraction of sp³-hybridized carbons (Fsp3) is 0.200. The van der Waals surface area contributed by atoms with Gasteiger partial charge in [-0.05, 0) is 36.4 Å². The molecular weight excluding hydrogens is 432 g/mol. The summed E-state index contributed by atoms with van der Waals surface area (Å²) in [5.74, 6) is -1.67. The molecular formula is C20H18O8S2. The van der Waals surface area contributed by atoms with Crippen LogP contribution in [0.15, 0.2) is 46.2 Å². The number of rotatable bonds is 7. The standard InChI is InChI=1S/C20H18O8S2/c1-11(21)25-17-7-5-15(9-19(17)27-13(3)23)29-30-16-6-8-18(26-12(2)22)20(10-16)28-14(4)24/h5-10H,1-4H3. The lowest BCUT2D eigenvalue weighted by molar-refractivity contribution is -0.134. The van der Waals surface area contributed by atoms with Crippen molar-refractivity contribution in [2.45, 2.75) is 37.5 Å². The zero-order chi connectivity index (χ0) is 22.3. The SMILES string of the molecule is CC(=O)Oc1ccc(SSc2ccc(OC(C)=O)c(OC(C)=O)c2)cc1OC(C)=O. The minimum absolute atomic E-state index is 0.120. The summed E-state index contributed by atoms with van der Waals surface area (Å²) in [6.07, 6.45) is 0. The molecule has 0 aliphatic rings. The lowest BCUT2D eigenvalue weighted by Gasteiger charge is -2.11. The van der Waals surface area contributed by atoms with Gasteiger partial charge < -0.3 is 18.9 Å². The van der Waals surface area contributed by atoms with Crippen molar-refractivity contribution < 1.29 is 38.1 Å². The van der Waals surface area contributed by atoms with E-state index in [-0.39, 0.29) is 23.0 Å². The monoisotopic (exact) mass is 450 g/mol. The zero-order valence-corrected chi connectivity index (χ0v) is 18.2. The topological polar surface area (TPSA) is 105 Å². The van der Waals surface area contributed by atoms with E-state index in [4.69, 9.17) is 18.9 Å². The number of esters is 4. The third-order valence-electron chi connectivity index (χ3n) is 3.08. The second kappa shape index (κ2) is 10.7. The van der Waals surface area contributed by atoms with E-state index in [9.17, 15) is 19.2 Å². The third kappa shape index (κ3) is 7.45. The van der Waals surface area contributed by atoms with E-state index in [1.807, 2.05) is 0 Å². The smallest absolute Gasteiger partial charge is 0.308 e. The first-order valence-electron chi connectivity index (χ1n) is 8.50. The van der Waals surface area contributed by atoms with Crippen LogP contribution in [-0.2, 0) is 19.2 Å². The van der Waals surface area contributed by atoms with Gasteiger partial charge in [0, 0.05) is 37.5 Å². The molecule has 0 N–H and O–H groups in total. The highest BCUT2D eigenvalue weighted by molar-refractivity contribution is 8.76. The average Bonchev–Trinajstić information content (AvgIpc) is 2.62. The van der Waals surface area contributed by atoms with Crippen LogP contribution in [-0.4, -0.2) is 23.9 Å². The summed E-state index contributed by atoms with van der Waals surface area (Å²) in [7, 11) is 2.65. The first-order chi connectivity index (χ1) is 14.1. The molecule has 0 fully saturated rings. The van der Waals surface area contributed by atoms with Crippen molar-refractivity contribution in [1.82, 2.24) is 0 Å². The van der Waals surface area contributed by atoms with Crippen LogP contribution in [0.2, 0.25) is 0 Å². The largest absolute Gasteiger partial charge is 0.423 e. The summed E-state index contributed by atoms with van der Waals surface area (Å²) in [5, 5.41) is 0. The van der Waals surface area contributed by atoms with Crippen LogP contribution < -0.4 is 18.9 Å². The maximum Gasteiger partial charge on any atom is 0.308 e. The predicted octanol–water partition coefficient (Wildman–Crippen LogP) is 4.19. The highest BCUT2D eigenvalue weighted by Crippen LogP contribution is 2.43. The number of ether oxygens (including phenoxy) is 4. The van der Waals surface area contributed by atoms with Crippen molar-refractivity contribution in [1.29, 1.82) is 0 Å². The molecule has 2 aromatic rings. The molecule has 2 aromatic carbocycles. The number of hydrogen-bond donors (Lipinski definition) is 0. The summed E-state index contributed by atoms with van der Waals surface area (Å²) in [6.45, 7) is 4.98. The Labute approximate surface area is 180 Å². The van der Waals surface area contributed by atoms with Crippen LogP contribution in [0.4, 0.5) is 0 Å². The zero-order valence-electron chi connectivity index (χ0n) is 16.5. The molecule has 0 aromatic heterocycles. The highest BCUT2D eigenvalue weighted by atomic mass is 33.1. The van der Waals surface area contributed by atoms with Gasteiger partial charge in [-0.3, -0.25) is 19.2 Å². The summed E-state index contributed by atoms with van der Waals surface area (Å²) < 4.78 is 20.3. The Morgan fingerprint density at radius 1 is 0.533 bits per heavy atom. The van der Waals surface area contributed by atoms with Gasteiger partial charge in [0.15, 0.2) is 23.0 Å². The Bertz CT molecular complexity index is 907. The molecule has 0 aliphatic carbocycles. The number of hydrogen-bond acceptors (Lipinski definition) is 10. The first-order valence-corrected chi connectivity index (χ1v) is 10.7. The average molecular weight is 450 g/mol. The van der Waals surface area contributed by atoms with E-state index < -0.39 is 23.9 Å². The summed E-state index contributed by atoms with van der Waals surface area (Å²) in [6, 6.07) is 9.58. The van der Waals surface area contributed by atoms with E-state index in [2.05, 4.69) is 0 Å². The summed E-state index contributed by atoms with van der Waals surface area (Å²) in [5.41, 5.74) is 0. The van der Waals surface area contributed by atoms with E-state index in [0.717, 1.165) is 0 Å². The molecule has 2 rings (SSSR count). The van der Waals surface area contributed by atoms with E-state index >= 15 is 0 Å². The molecule has 0 bridgehead atoms. The van der Waals surface area contributed by atoms with Gasteiger partial charge in [-0.1, -0.05) is 21.6 Å². The van der Waals surface area contributed by atoms with Gasteiger partial charge in [0.05, 0.1) is 0 Å². The molecule has 0 heterocycles. The van der Waals surface area contributed by atoms with Crippen molar-refractivity contribution in [3.05, 3.63) is 36.4 Å². The van der Waals surface area contributed by atoms with Gasteiger partial charge in [0.2, 0.25) is 0 Å². The molecule has 8 nitrogen and oxygen atoms in total. The fourth-order valence-electron chi connectivity index (χ4n) is 2.12. The van der Waals surface area contributed by atoms with Gasteiger partial charge in [0.1, 0.15) is 0 Å². The molecule has 0 radical (unpaired) electrons. The van der Waals surface area contributed by atoms with Gasteiger partial charge in [-0.15, -0.1) is 0 Å². The first kappa shape index (κ1) is 23.3. The molecule has 0 unspecified atom stereocenters. The third-order valence-corrected chi connectivity index (χ3v) is 5.46. The minimum Gasteiger partial charge on any atom is -0.423 e. The van der Waals surface area contributed by atoms with Crippen LogP contribution in [0.5, 0.6) is 23.0 Å². The second-order valence-electron chi connectivity index (χ2n) is 5.76. The Morgan fingerprint density at radius 3 is 1.13 bits per heavy atom. The molecule has 0 aliphatic heterocycles. The second-order valence-corrected chi connectivity index (χ2v) is 8.03. The van der Waals surface area contributed by atoms with E-state index in [1.54, 1.807) is 24.3 Å². The van der Waals surface area contributed by atoms with Crippen molar-refractivity contribution in [3.63, 3.8) is 0 Å². The molecule has 30 heavy (non-hydrogen) atoms. The van der Waals surface area contributed by atoms with Crippen molar-refractivity contribution in [3.8, 4) is 23.0 Å². The molecule has 0 saturated carbocycles. The normalized spacial score (nSPS) is 10.1. The molecule has 0 saturated heterocycles. The Hall–Kier alpha value is -2.98. The molecule has 0 atom stereocenters. The predicted molar refractivity (Wildman–Crippen MR) is 110 cm³/mol. The maximum atomic E-state index is 11.3. The fourth-order valence-corrected chi connectivity index (χ4v) is 4.07. The van der Waals surface area contributed by atoms with Crippen molar-refractivity contribution in [2.24, 2.45) is 0 Å². The quantitative estimate of drug-likeness (QED) is 0.346. The number of carbonyl (C=O) groups excluding carboxylic acids is 4. The molecule has 0 spiro atoms. The lowest BCUT2D eigenvalue weighted by atomic mass is 10.3. The summed E-state index contributed by atoms with van der Waals surface area (Å²) >= 11 is 0. The highest BCUT2D eigenvalue weighted by Gasteiger charge is 2.14. The van der Waals surface area contributed by atoms with Gasteiger partial charge >= 0.3 is 23.9 Å². The van der Waals surface area contributed by atoms with Crippen LogP contribution in [0.3, 0.4) is 0 Å². The van der Waals surface area contributed by atoms with E-state index in [0.29, 0.717) is 9.79 Å².